The first-order valence-electron chi connectivity index (χ1n) is 7.40. The van der Waals surface area contributed by atoms with Crippen molar-refractivity contribution in [2.75, 3.05) is 6.54 Å². The van der Waals surface area contributed by atoms with Crippen LogP contribution in [-0.4, -0.2) is 6.54 Å². The van der Waals surface area contributed by atoms with Crippen LogP contribution in [0, 0.1) is 6.92 Å². The van der Waals surface area contributed by atoms with E-state index in [1.165, 1.54) is 37.7 Å². The summed E-state index contributed by atoms with van der Waals surface area (Å²) in [5.41, 5.74) is 4.06. The zero-order chi connectivity index (χ0) is 13.7. The minimum absolute atomic E-state index is 0.360. The van der Waals surface area contributed by atoms with E-state index in [4.69, 9.17) is 11.6 Å². The molecule has 0 saturated heterocycles. The Morgan fingerprint density at radius 2 is 2.11 bits per heavy atom. The van der Waals surface area contributed by atoms with Crippen molar-refractivity contribution in [3.05, 3.63) is 46.0 Å². The second-order valence-corrected chi connectivity index (χ2v) is 5.78. The number of hydrogen-bond acceptors (Lipinski definition) is 1. The van der Waals surface area contributed by atoms with Gasteiger partial charge in [0.05, 0.1) is 6.04 Å². The van der Waals surface area contributed by atoms with Gasteiger partial charge in [-0.3, -0.25) is 0 Å². The predicted molar refractivity (Wildman–Crippen MR) is 83.8 cm³/mol. The third-order valence-electron chi connectivity index (χ3n) is 3.87. The second kappa shape index (κ2) is 7.12. The van der Waals surface area contributed by atoms with Crippen LogP contribution in [0.15, 0.2) is 29.8 Å². The van der Waals surface area contributed by atoms with E-state index in [0.717, 1.165) is 17.1 Å². The molecule has 2 heteroatoms. The minimum atomic E-state index is 0.360. The molecule has 0 radical (unpaired) electrons. The van der Waals surface area contributed by atoms with Crippen molar-refractivity contribution in [2.24, 2.45) is 0 Å². The highest BCUT2D eigenvalue weighted by molar-refractivity contribution is 6.31. The lowest BCUT2D eigenvalue weighted by Gasteiger charge is -2.22. The molecule has 1 aliphatic rings. The molecule has 0 amide bonds. The molecule has 0 fully saturated rings. The molecule has 0 saturated carbocycles. The predicted octanol–water partition coefficient (Wildman–Crippen LogP) is 5.19. The van der Waals surface area contributed by atoms with Crippen LogP contribution in [-0.2, 0) is 0 Å². The van der Waals surface area contributed by atoms with Gasteiger partial charge in [0.2, 0.25) is 0 Å². The summed E-state index contributed by atoms with van der Waals surface area (Å²) in [5, 5.41) is 4.49. The van der Waals surface area contributed by atoms with E-state index in [9.17, 15) is 0 Å². The Morgan fingerprint density at radius 1 is 1.26 bits per heavy atom. The average Bonchev–Trinajstić information content (AvgIpc) is 2.68. The molecule has 1 aliphatic carbocycles. The van der Waals surface area contributed by atoms with E-state index in [0.29, 0.717) is 6.04 Å². The van der Waals surface area contributed by atoms with E-state index in [1.807, 2.05) is 6.07 Å². The Kier molecular flexibility index (Phi) is 5.47. The quantitative estimate of drug-likeness (QED) is 0.747. The molecule has 1 aromatic rings. The fraction of sp³-hybridized carbons (Fsp3) is 0.529. The van der Waals surface area contributed by atoms with Gasteiger partial charge in [-0.1, -0.05) is 48.7 Å². The molecule has 1 unspecified atom stereocenters. The van der Waals surface area contributed by atoms with E-state index in [1.54, 1.807) is 5.57 Å². The van der Waals surface area contributed by atoms with Gasteiger partial charge < -0.3 is 5.32 Å². The monoisotopic (exact) mass is 277 g/mol. The molecule has 1 N–H and O–H groups in total. The molecule has 19 heavy (non-hydrogen) atoms. The lowest BCUT2D eigenvalue weighted by atomic mass is 9.94. The van der Waals surface area contributed by atoms with Crippen LogP contribution in [0.2, 0.25) is 5.02 Å². The van der Waals surface area contributed by atoms with Gasteiger partial charge in [-0.2, -0.15) is 0 Å². The topological polar surface area (TPSA) is 12.0 Å². The summed E-state index contributed by atoms with van der Waals surface area (Å²) in [6.45, 7) is 5.24. The van der Waals surface area contributed by atoms with Gasteiger partial charge in [-0.15, -0.1) is 0 Å². The highest BCUT2D eigenvalue weighted by atomic mass is 35.5. The average molecular weight is 278 g/mol. The number of nitrogens with one attached hydrogen (secondary N) is 1. The van der Waals surface area contributed by atoms with Crippen LogP contribution in [0.5, 0.6) is 0 Å². The first kappa shape index (κ1) is 14.6. The largest absolute Gasteiger partial charge is 0.307 e. The van der Waals surface area contributed by atoms with Crippen LogP contribution in [0.3, 0.4) is 0 Å². The summed E-state index contributed by atoms with van der Waals surface area (Å²) in [5.74, 6) is 0. The van der Waals surface area contributed by atoms with Crippen molar-refractivity contribution in [1.82, 2.24) is 5.32 Å². The second-order valence-electron chi connectivity index (χ2n) is 5.38. The molecule has 0 aliphatic heterocycles. The number of hydrogen-bond donors (Lipinski definition) is 1. The first-order valence-corrected chi connectivity index (χ1v) is 7.78. The molecule has 2 rings (SSSR count). The highest BCUT2D eigenvalue weighted by Crippen LogP contribution is 2.30. The highest BCUT2D eigenvalue weighted by Gasteiger charge is 2.17. The molecule has 1 aromatic carbocycles. The number of aryl methyl sites for hydroxylation is 1. The molecule has 1 nitrogen and oxygen atoms in total. The van der Waals surface area contributed by atoms with E-state index in [-0.39, 0.29) is 0 Å². The molecule has 1 atom stereocenters. The third-order valence-corrected chi connectivity index (χ3v) is 4.29. The van der Waals surface area contributed by atoms with Crippen LogP contribution < -0.4 is 5.32 Å². The van der Waals surface area contributed by atoms with Crippen molar-refractivity contribution < 1.29 is 0 Å². The van der Waals surface area contributed by atoms with E-state index < -0.39 is 0 Å². The molecule has 0 heterocycles. The van der Waals surface area contributed by atoms with E-state index in [2.05, 4.69) is 37.4 Å². The van der Waals surface area contributed by atoms with Crippen molar-refractivity contribution in [3.8, 4) is 0 Å². The zero-order valence-corrected chi connectivity index (χ0v) is 12.8. The fourth-order valence-electron chi connectivity index (χ4n) is 2.82. The van der Waals surface area contributed by atoms with E-state index >= 15 is 0 Å². The smallest absolute Gasteiger partial charge is 0.0536 e. The molecular formula is C17H24ClN. The Balaban J connectivity index is 2.27. The van der Waals surface area contributed by atoms with Gasteiger partial charge in [-0.25, -0.2) is 0 Å². The van der Waals surface area contributed by atoms with Gasteiger partial charge in [0.25, 0.3) is 0 Å². The Labute approximate surface area is 122 Å². The number of halogens is 1. The third kappa shape index (κ3) is 3.84. The molecule has 0 bridgehead atoms. The number of allylic oxidation sites excluding steroid dienone is 1. The normalized spacial score (nSPS) is 17.7. The van der Waals surface area contributed by atoms with Crippen LogP contribution in [0.4, 0.5) is 0 Å². The van der Waals surface area contributed by atoms with Gasteiger partial charge >= 0.3 is 0 Å². The van der Waals surface area contributed by atoms with Crippen LogP contribution >= 0.6 is 11.6 Å². The maximum atomic E-state index is 6.14. The SMILES string of the molecule is CCNC(C1=CCCCCC1)c1ccc(Cl)c(C)c1. The fourth-order valence-corrected chi connectivity index (χ4v) is 2.93. The summed E-state index contributed by atoms with van der Waals surface area (Å²) in [4.78, 5) is 0. The standard InChI is InChI=1S/C17H24ClN/c1-3-19-17(14-8-6-4-5-7-9-14)15-10-11-16(18)13(2)12-15/h8,10-12,17,19H,3-7,9H2,1-2H3. The Morgan fingerprint density at radius 3 is 2.84 bits per heavy atom. The lowest BCUT2D eigenvalue weighted by molar-refractivity contribution is 0.589. The minimum Gasteiger partial charge on any atom is -0.307 e. The molecule has 0 spiro atoms. The van der Waals surface area contributed by atoms with Crippen molar-refractivity contribution in [3.63, 3.8) is 0 Å². The maximum Gasteiger partial charge on any atom is 0.0536 e. The van der Waals surface area contributed by atoms with Crippen molar-refractivity contribution in [1.29, 1.82) is 0 Å². The van der Waals surface area contributed by atoms with Gasteiger partial charge in [0.1, 0.15) is 0 Å². The maximum absolute atomic E-state index is 6.14. The first-order chi connectivity index (χ1) is 9.22. The Bertz CT molecular complexity index is 451. The number of benzene rings is 1. The lowest BCUT2D eigenvalue weighted by Crippen LogP contribution is -2.23. The number of rotatable bonds is 4. The van der Waals surface area contributed by atoms with Gasteiger partial charge in [-0.05, 0) is 56.3 Å². The Hall–Kier alpha value is -0.790. The van der Waals surface area contributed by atoms with Crippen molar-refractivity contribution in [2.45, 2.75) is 52.0 Å². The summed E-state index contributed by atoms with van der Waals surface area (Å²) < 4.78 is 0. The van der Waals surface area contributed by atoms with Crippen LogP contribution in [0.25, 0.3) is 0 Å². The summed E-state index contributed by atoms with van der Waals surface area (Å²) in [6, 6.07) is 6.77. The summed E-state index contributed by atoms with van der Waals surface area (Å²) >= 11 is 6.14. The summed E-state index contributed by atoms with van der Waals surface area (Å²) in [6.07, 6.45) is 8.91. The molecule has 0 aromatic heterocycles. The molecule has 104 valence electrons. The van der Waals surface area contributed by atoms with Crippen LogP contribution in [0.1, 0.15) is 56.2 Å². The molecular weight excluding hydrogens is 254 g/mol. The summed E-state index contributed by atoms with van der Waals surface area (Å²) in [7, 11) is 0. The van der Waals surface area contributed by atoms with Gasteiger partial charge in [0, 0.05) is 5.02 Å². The van der Waals surface area contributed by atoms with Gasteiger partial charge in [0.15, 0.2) is 0 Å². The van der Waals surface area contributed by atoms with Crippen molar-refractivity contribution >= 4 is 11.6 Å². The number of likely N-dealkylation sites (N-methyl/N-ethyl adjacent to an activating group) is 1. The zero-order valence-electron chi connectivity index (χ0n) is 12.0.